The fourth-order valence-electron chi connectivity index (χ4n) is 3.30. The van der Waals surface area contributed by atoms with Crippen molar-refractivity contribution in [3.63, 3.8) is 0 Å². The molecule has 0 unspecified atom stereocenters. The Hall–Kier alpha value is -2.52. The van der Waals surface area contributed by atoms with Crippen molar-refractivity contribution in [1.29, 1.82) is 0 Å². The van der Waals surface area contributed by atoms with Crippen molar-refractivity contribution < 1.29 is 18.0 Å². The van der Waals surface area contributed by atoms with Crippen LogP contribution in [0.3, 0.4) is 0 Å². The third kappa shape index (κ3) is 3.97. The lowest BCUT2D eigenvalue weighted by Crippen LogP contribution is -2.35. The number of carbonyl (C=O) groups excluding carboxylic acids is 1. The van der Waals surface area contributed by atoms with Crippen molar-refractivity contribution in [2.45, 2.75) is 31.2 Å². The Labute approximate surface area is 173 Å². The Balaban J connectivity index is 1.65. The zero-order chi connectivity index (χ0) is 20.6. The molecule has 10 heteroatoms. The largest absolute Gasteiger partial charge is 0.410 e. The third-order valence-electron chi connectivity index (χ3n) is 4.72. The van der Waals surface area contributed by atoms with E-state index in [9.17, 15) is 18.0 Å². The monoisotopic (exact) mass is 440 g/mol. The highest BCUT2D eigenvalue weighted by molar-refractivity contribution is 7.09. The highest BCUT2D eigenvalue weighted by atomic mass is 35.5. The van der Waals surface area contributed by atoms with E-state index >= 15 is 0 Å². The van der Waals surface area contributed by atoms with Crippen LogP contribution < -0.4 is 10.6 Å². The lowest BCUT2D eigenvalue weighted by Gasteiger charge is -2.33. The third-order valence-corrected chi connectivity index (χ3v) is 5.95. The molecule has 3 aromatic rings. The lowest BCUT2D eigenvalue weighted by atomic mass is 9.97. The van der Waals surface area contributed by atoms with Gasteiger partial charge in [0.15, 0.2) is 11.7 Å². The first-order chi connectivity index (χ1) is 13.8. The molecule has 2 aromatic heterocycles. The van der Waals surface area contributed by atoms with Crippen molar-refractivity contribution in [2.75, 3.05) is 5.32 Å². The molecule has 2 N–H and O–H groups in total. The number of nitrogens with zero attached hydrogens (tertiary/aromatic N) is 2. The van der Waals surface area contributed by atoms with Crippen LogP contribution in [0.1, 0.15) is 39.4 Å². The Morgan fingerprint density at radius 2 is 2.03 bits per heavy atom. The molecule has 5 nitrogen and oxygen atoms in total. The summed E-state index contributed by atoms with van der Waals surface area (Å²) in [7, 11) is 0. The highest BCUT2D eigenvalue weighted by Gasteiger charge is 2.47. The minimum atomic E-state index is -4.54. The molecule has 0 saturated carbocycles. The van der Waals surface area contributed by atoms with Gasteiger partial charge >= 0.3 is 6.18 Å². The first-order valence-electron chi connectivity index (χ1n) is 8.81. The van der Waals surface area contributed by atoms with Gasteiger partial charge in [0, 0.05) is 11.3 Å². The summed E-state index contributed by atoms with van der Waals surface area (Å²) in [6.45, 7) is 0.248. The summed E-state index contributed by atoms with van der Waals surface area (Å²) in [4.78, 5) is 13.4. The van der Waals surface area contributed by atoms with Gasteiger partial charge < -0.3 is 10.6 Å². The summed E-state index contributed by atoms with van der Waals surface area (Å²) < 4.78 is 42.0. The van der Waals surface area contributed by atoms with E-state index in [2.05, 4.69) is 15.7 Å². The number of hydrogen-bond acceptors (Lipinski definition) is 4. The van der Waals surface area contributed by atoms with E-state index in [4.69, 9.17) is 11.6 Å². The Kier molecular flexibility index (Phi) is 5.26. The minimum Gasteiger partial charge on any atom is -0.362 e. The molecule has 1 aromatic carbocycles. The maximum Gasteiger partial charge on any atom is 0.410 e. The number of fused-ring (bicyclic) bond motifs is 1. The van der Waals surface area contributed by atoms with E-state index in [-0.39, 0.29) is 29.5 Å². The summed E-state index contributed by atoms with van der Waals surface area (Å²) in [5, 5.41) is 11.3. The van der Waals surface area contributed by atoms with Crippen molar-refractivity contribution >= 4 is 34.7 Å². The zero-order valence-electron chi connectivity index (χ0n) is 14.9. The lowest BCUT2D eigenvalue weighted by molar-refractivity contribution is -0.173. The number of hydrogen-bond donors (Lipinski definition) is 2. The normalized spacial score (nSPS) is 18.8. The minimum absolute atomic E-state index is 0.00429. The van der Waals surface area contributed by atoms with Gasteiger partial charge in [-0.15, -0.1) is 11.3 Å². The maximum atomic E-state index is 13.8. The number of anilines is 1. The summed E-state index contributed by atoms with van der Waals surface area (Å²) in [5.41, 5.74) is 0.475. The Bertz CT molecular complexity index is 1000. The van der Waals surface area contributed by atoms with E-state index in [1.54, 1.807) is 30.3 Å². The van der Waals surface area contributed by atoms with Crippen molar-refractivity contribution in [1.82, 2.24) is 15.1 Å². The van der Waals surface area contributed by atoms with E-state index in [1.807, 2.05) is 17.5 Å². The van der Waals surface area contributed by atoms with Gasteiger partial charge in [-0.3, -0.25) is 4.79 Å². The molecule has 1 amide bonds. The van der Waals surface area contributed by atoms with Crippen LogP contribution in [0, 0.1) is 0 Å². The van der Waals surface area contributed by atoms with E-state index in [0.29, 0.717) is 5.56 Å². The summed E-state index contributed by atoms with van der Waals surface area (Å²) in [5.74, 6) is -0.625. The zero-order valence-corrected chi connectivity index (χ0v) is 16.5. The topological polar surface area (TPSA) is 59.0 Å². The molecule has 1 aliphatic rings. The van der Waals surface area contributed by atoms with Crippen LogP contribution in [0.15, 0.2) is 47.8 Å². The van der Waals surface area contributed by atoms with Gasteiger partial charge in [-0.2, -0.15) is 18.3 Å². The van der Waals surface area contributed by atoms with Gasteiger partial charge in [-0.1, -0.05) is 48.0 Å². The number of thiophene rings is 1. The molecule has 0 spiro atoms. The predicted octanol–water partition coefficient (Wildman–Crippen LogP) is 5.19. The highest BCUT2D eigenvalue weighted by Crippen LogP contribution is 2.46. The summed E-state index contributed by atoms with van der Waals surface area (Å²) >= 11 is 7.75. The number of alkyl halides is 3. The number of rotatable bonds is 4. The molecule has 3 heterocycles. The molecule has 2 atom stereocenters. The molecule has 4 rings (SSSR count). The van der Waals surface area contributed by atoms with Crippen LogP contribution in [0.4, 0.5) is 19.0 Å². The molecular formula is C19H16ClF3N4OS. The first kappa shape index (κ1) is 19.8. The second-order valence-corrected chi connectivity index (χ2v) is 8.03. The standard InChI is InChI=1S/C19H16ClF3N4OS/c20-15-16(18(28)24-10-12-7-4-8-29-12)26-27-14(19(21,22)23)9-13(25-17(15)27)11-5-2-1-3-6-11/h1-8,13-14,25H,9-10H2,(H,24,28)/t13-,14+/m0/s1. The second kappa shape index (κ2) is 7.72. The molecule has 1 aliphatic heterocycles. The molecule has 0 saturated heterocycles. The van der Waals surface area contributed by atoms with E-state index in [1.165, 1.54) is 11.3 Å². The summed E-state index contributed by atoms with van der Waals surface area (Å²) in [6.07, 6.45) is -4.79. The second-order valence-electron chi connectivity index (χ2n) is 6.62. The molecule has 29 heavy (non-hydrogen) atoms. The maximum absolute atomic E-state index is 13.8. The summed E-state index contributed by atoms with van der Waals surface area (Å²) in [6, 6.07) is 10.0. The van der Waals surface area contributed by atoms with Crippen LogP contribution >= 0.6 is 22.9 Å². The number of aromatic nitrogens is 2. The van der Waals surface area contributed by atoms with Crippen molar-refractivity contribution in [3.05, 3.63) is 69.0 Å². The van der Waals surface area contributed by atoms with Gasteiger partial charge in [0.05, 0.1) is 12.6 Å². The number of amides is 1. The van der Waals surface area contributed by atoms with Crippen molar-refractivity contribution in [2.24, 2.45) is 0 Å². The van der Waals surface area contributed by atoms with Crippen LogP contribution in [-0.4, -0.2) is 21.9 Å². The fourth-order valence-corrected chi connectivity index (χ4v) is 4.21. The van der Waals surface area contributed by atoms with Crippen LogP contribution in [0.5, 0.6) is 0 Å². The Morgan fingerprint density at radius 3 is 2.69 bits per heavy atom. The number of nitrogens with one attached hydrogen (secondary N) is 2. The van der Waals surface area contributed by atoms with Gasteiger partial charge in [-0.05, 0) is 17.0 Å². The quantitative estimate of drug-likeness (QED) is 0.587. The molecular weight excluding hydrogens is 425 g/mol. The van der Waals surface area contributed by atoms with Crippen LogP contribution in [0.25, 0.3) is 0 Å². The average Bonchev–Trinajstić information content (AvgIpc) is 3.33. The fraction of sp³-hybridized carbons (Fsp3) is 0.263. The molecule has 0 aliphatic carbocycles. The smallest absolute Gasteiger partial charge is 0.362 e. The molecule has 152 valence electrons. The number of carbonyl (C=O) groups is 1. The predicted molar refractivity (Wildman–Crippen MR) is 105 cm³/mol. The number of benzene rings is 1. The Morgan fingerprint density at radius 1 is 1.28 bits per heavy atom. The van der Waals surface area contributed by atoms with Gasteiger partial charge in [-0.25, -0.2) is 4.68 Å². The number of halogens is 4. The first-order valence-corrected chi connectivity index (χ1v) is 10.1. The molecule has 0 fully saturated rings. The van der Waals surface area contributed by atoms with Gasteiger partial charge in [0.25, 0.3) is 5.91 Å². The molecule has 0 bridgehead atoms. The van der Waals surface area contributed by atoms with Gasteiger partial charge in [0.2, 0.25) is 0 Å². The average molecular weight is 441 g/mol. The van der Waals surface area contributed by atoms with Crippen molar-refractivity contribution in [3.8, 4) is 0 Å². The van der Waals surface area contributed by atoms with Gasteiger partial charge in [0.1, 0.15) is 10.8 Å². The van der Waals surface area contributed by atoms with E-state index in [0.717, 1.165) is 9.56 Å². The SMILES string of the molecule is O=C(NCc1cccs1)c1nn2c(c1Cl)N[C@H](c1ccccc1)C[C@@H]2C(F)(F)F. The molecule has 0 radical (unpaired) electrons. The van der Waals surface area contributed by atoms with Crippen LogP contribution in [-0.2, 0) is 6.54 Å². The van der Waals surface area contributed by atoms with Crippen LogP contribution in [0.2, 0.25) is 5.02 Å². The van der Waals surface area contributed by atoms with E-state index < -0.39 is 24.2 Å².